The van der Waals surface area contributed by atoms with Crippen molar-refractivity contribution in [3.63, 3.8) is 0 Å². The van der Waals surface area contributed by atoms with Gasteiger partial charge in [0.2, 0.25) is 0 Å². The fourth-order valence-electron chi connectivity index (χ4n) is 2.11. The number of unbranched alkanes of at least 4 members (excludes halogenated alkanes) is 2. The van der Waals surface area contributed by atoms with E-state index in [-0.39, 0.29) is 0 Å². The van der Waals surface area contributed by atoms with E-state index < -0.39 is 0 Å². The fourth-order valence-corrected chi connectivity index (χ4v) is 2.45. The zero-order chi connectivity index (χ0) is 14.9. The zero-order valence-electron chi connectivity index (χ0n) is 12.4. The maximum Gasteiger partial charge on any atom is 0.133 e. The lowest BCUT2D eigenvalue weighted by Crippen LogP contribution is -2.15. The van der Waals surface area contributed by atoms with Crippen molar-refractivity contribution in [3.8, 4) is 11.5 Å². The summed E-state index contributed by atoms with van der Waals surface area (Å²) in [6.07, 6.45) is 3.75. The summed E-state index contributed by atoms with van der Waals surface area (Å²) in [5.74, 6) is 1.77. The van der Waals surface area contributed by atoms with Crippen molar-refractivity contribution in [1.29, 1.82) is 0 Å². The van der Waals surface area contributed by atoms with Crippen molar-refractivity contribution in [2.24, 2.45) is 0 Å². The molecule has 0 radical (unpaired) electrons. The SMILES string of the molecule is CCCCCNCc1ccc(Br)cc1Oc1ccccc1. The molecule has 0 fully saturated rings. The minimum absolute atomic E-state index is 0.833. The molecule has 112 valence electrons. The van der Waals surface area contributed by atoms with Gasteiger partial charge in [-0.05, 0) is 37.2 Å². The summed E-state index contributed by atoms with van der Waals surface area (Å²) < 4.78 is 7.03. The predicted octanol–water partition coefficient (Wildman–Crippen LogP) is 5.52. The highest BCUT2D eigenvalue weighted by molar-refractivity contribution is 9.10. The van der Waals surface area contributed by atoms with Crippen molar-refractivity contribution in [2.45, 2.75) is 32.7 Å². The van der Waals surface area contributed by atoms with Crippen LogP contribution in [-0.2, 0) is 6.54 Å². The molecule has 1 N–H and O–H groups in total. The molecule has 21 heavy (non-hydrogen) atoms. The van der Waals surface area contributed by atoms with Gasteiger partial charge in [-0.3, -0.25) is 0 Å². The summed E-state index contributed by atoms with van der Waals surface area (Å²) in [4.78, 5) is 0. The Morgan fingerprint density at radius 2 is 1.86 bits per heavy atom. The summed E-state index contributed by atoms with van der Waals surface area (Å²) in [5.41, 5.74) is 1.18. The Balaban J connectivity index is 2.00. The smallest absolute Gasteiger partial charge is 0.133 e. The van der Waals surface area contributed by atoms with Gasteiger partial charge in [-0.25, -0.2) is 0 Å². The van der Waals surface area contributed by atoms with Gasteiger partial charge in [-0.2, -0.15) is 0 Å². The van der Waals surface area contributed by atoms with Gasteiger partial charge in [0.1, 0.15) is 11.5 Å². The maximum absolute atomic E-state index is 6.00. The van der Waals surface area contributed by atoms with Gasteiger partial charge in [-0.15, -0.1) is 0 Å². The van der Waals surface area contributed by atoms with Crippen molar-refractivity contribution < 1.29 is 4.74 Å². The molecular weight excluding hydrogens is 326 g/mol. The molecule has 0 aliphatic heterocycles. The van der Waals surface area contributed by atoms with Gasteiger partial charge in [0.25, 0.3) is 0 Å². The van der Waals surface area contributed by atoms with Crippen LogP contribution in [-0.4, -0.2) is 6.54 Å². The molecule has 0 heterocycles. The molecule has 2 nitrogen and oxygen atoms in total. The summed E-state index contributed by atoms with van der Waals surface area (Å²) >= 11 is 3.51. The van der Waals surface area contributed by atoms with Crippen LogP contribution in [0.1, 0.15) is 31.7 Å². The lowest BCUT2D eigenvalue weighted by atomic mass is 10.2. The van der Waals surface area contributed by atoms with E-state index >= 15 is 0 Å². The molecule has 0 bridgehead atoms. The van der Waals surface area contributed by atoms with Crippen LogP contribution >= 0.6 is 15.9 Å². The first-order chi connectivity index (χ1) is 10.3. The van der Waals surface area contributed by atoms with E-state index in [0.29, 0.717) is 0 Å². The molecule has 0 unspecified atom stereocenters. The van der Waals surface area contributed by atoms with Crippen LogP contribution in [0.5, 0.6) is 11.5 Å². The van der Waals surface area contributed by atoms with Gasteiger partial charge in [0.05, 0.1) is 0 Å². The topological polar surface area (TPSA) is 21.3 Å². The Bertz CT molecular complexity index is 542. The Kier molecular flexibility index (Phi) is 6.77. The molecule has 0 amide bonds. The highest BCUT2D eigenvalue weighted by Crippen LogP contribution is 2.28. The third kappa shape index (κ3) is 5.52. The highest BCUT2D eigenvalue weighted by atomic mass is 79.9. The third-order valence-electron chi connectivity index (χ3n) is 3.27. The molecule has 0 saturated heterocycles. The first-order valence-corrected chi connectivity index (χ1v) is 8.31. The number of benzene rings is 2. The van der Waals surface area contributed by atoms with Gasteiger partial charge >= 0.3 is 0 Å². The number of halogens is 1. The second-order valence-electron chi connectivity index (χ2n) is 5.05. The van der Waals surface area contributed by atoms with E-state index in [0.717, 1.165) is 29.1 Å². The predicted molar refractivity (Wildman–Crippen MR) is 91.9 cm³/mol. The Labute approximate surface area is 135 Å². The maximum atomic E-state index is 6.00. The van der Waals surface area contributed by atoms with Crippen LogP contribution in [0.15, 0.2) is 53.0 Å². The Morgan fingerprint density at radius 1 is 1.05 bits per heavy atom. The molecule has 0 aliphatic carbocycles. The zero-order valence-corrected chi connectivity index (χ0v) is 14.0. The number of hydrogen-bond donors (Lipinski definition) is 1. The van der Waals surface area contributed by atoms with Crippen molar-refractivity contribution in [2.75, 3.05) is 6.54 Å². The standard InChI is InChI=1S/C18H22BrNO/c1-2-3-7-12-20-14-15-10-11-16(19)13-18(15)21-17-8-5-4-6-9-17/h4-6,8-11,13,20H,2-3,7,12,14H2,1H3. The molecule has 2 rings (SSSR count). The summed E-state index contributed by atoms with van der Waals surface area (Å²) in [5, 5.41) is 3.49. The number of ether oxygens (including phenoxy) is 1. The number of hydrogen-bond acceptors (Lipinski definition) is 2. The van der Waals surface area contributed by atoms with Gasteiger partial charge in [-0.1, -0.05) is 60.0 Å². The molecule has 0 aliphatic rings. The monoisotopic (exact) mass is 347 g/mol. The van der Waals surface area contributed by atoms with Crippen molar-refractivity contribution >= 4 is 15.9 Å². The molecule has 0 aromatic heterocycles. The van der Waals surface area contributed by atoms with Gasteiger partial charge in [0, 0.05) is 16.6 Å². The largest absolute Gasteiger partial charge is 0.457 e. The number of nitrogens with one attached hydrogen (secondary N) is 1. The molecule has 0 spiro atoms. The van der Waals surface area contributed by atoms with E-state index in [2.05, 4.69) is 40.3 Å². The van der Waals surface area contributed by atoms with Crippen LogP contribution in [0, 0.1) is 0 Å². The molecule has 2 aromatic rings. The first kappa shape index (κ1) is 16.1. The minimum atomic E-state index is 0.833. The molecule has 3 heteroatoms. The normalized spacial score (nSPS) is 10.6. The summed E-state index contributed by atoms with van der Waals surface area (Å²) in [6.45, 7) is 4.11. The molecule has 0 atom stereocenters. The first-order valence-electron chi connectivity index (χ1n) is 7.51. The molecule has 2 aromatic carbocycles. The van der Waals surface area contributed by atoms with E-state index in [1.165, 1.54) is 24.8 Å². The third-order valence-corrected chi connectivity index (χ3v) is 3.77. The van der Waals surface area contributed by atoms with E-state index in [1.807, 2.05) is 36.4 Å². The van der Waals surface area contributed by atoms with Crippen molar-refractivity contribution in [1.82, 2.24) is 5.32 Å². The van der Waals surface area contributed by atoms with Gasteiger partial charge < -0.3 is 10.1 Å². The summed E-state index contributed by atoms with van der Waals surface area (Å²) in [7, 11) is 0. The van der Waals surface area contributed by atoms with Gasteiger partial charge in [0.15, 0.2) is 0 Å². The van der Waals surface area contributed by atoms with Crippen molar-refractivity contribution in [3.05, 3.63) is 58.6 Å². The van der Waals surface area contributed by atoms with Crippen LogP contribution in [0.2, 0.25) is 0 Å². The summed E-state index contributed by atoms with van der Waals surface area (Å²) in [6, 6.07) is 16.1. The lowest BCUT2D eigenvalue weighted by Gasteiger charge is -2.12. The van der Waals surface area contributed by atoms with E-state index in [9.17, 15) is 0 Å². The Morgan fingerprint density at radius 3 is 2.62 bits per heavy atom. The van der Waals surface area contributed by atoms with Crippen LogP contribution in [0.4, 0.5) is 0 Å². The average molecular weight is 348 g/mol. The lowest BCUT2D eigenvalue weighted by molar-refractivity contribution is 0.471. The molecular formula is C18H22BrNO. The average Bonchev–Trinajstić information content (AvgIpc) is 2.50. The van der Waals surface area contributed by atoms with E-state index in [4.69, 9.17) is 4.74 Å². The van der Waals surface area contributed by atoms with Crippen LogP contribution < -0.4 is 10.1 Å². The second-order valence-corrected chi connectivity index (χ2v) is 5.97. The highest BCUT2D eigenvalue weighted by Gasteiger charge is 2.06. The fraction of sp³-hybridized carbons (Fsp3) is 0.333. The second kappa shape index (κ2) is 8.85. The van der Waals surface area contributed by atoms with Crippen LogP contribution in [0.25, 0.3) is 0 Å². The Hall–Kier alpha value is -1.32. The number of rotatable bonds is 8. The minimum Gasteiger partial charge on any atom is -0.457 e. The van der Waals surface area contributed by atoms with E-state index in [1.54, 1.807) is 0 Å². The molecule has 0 saturated carbocycles. The number of para-hydroxylation sites is 1. The quantitative estimate of drug-likeness (QED) is 0.634. The van der Waals surface area contributed by atoms with Crippen LogP contribution in [0.3, 0.4) is 0 Å².